The van der Waals surface area contributed by atoms with Gasteiger partial charge in [-0.2, -0.15) is 0 Å². The molecule has 1 saturated heterocycles. The summed E-state index contributed by atoms with van der Waals surface area (Å²) in [6, 6.07) is 3.80. The number of amides is 1. The molecule has 2 atom stereocenters. The summed E-state index contributed by atoms with van der Waals surface area (Å²) >= 11 is 7.39. The number of likely N-dealkylation sites (N-methyl/N-ethyl adjacent to an activating group) is 1. The van der Waals surface area contributed by atoms with Crippen LogP contribution in [0.4, 0.5) is 0 Å². The molecule has 0 saturated carbocycles. The Labute approximate surface area is 128 Å². The van der Waals surface area contributed by atoms with Crippen molar-refractivity contribution < 1.29 is 9.90 Å². The fourth-order valence-electron chi connectivity index (χ4n) is 2.33. The van der Waals surface area contributed by atoms with E-state index in [1.54, 1.807) is 11.9 Å². The van der Waals surface area contributed by atoms with Gasteiger partial charge in [0.2, 0.25) is 5.91 Å². The smallest absolute Gasteiger partial charge is 0.236 e. The molecule has 20 heavy (non-hydrogen) atoms. The van der Waals surface area contributed by atoms with E-state index in [2.05, 4.69) is 6.92 Å². The van der Waals surface area contributed by atoms with Crippen LogP contribution in [0.3, 0.4) is 0 Å². The van der Waals surface area contributed by atoms with E-state index < -0.39 is 0 Å². The number of β-amino-alcohol motifs (C(OH)–C–C–N with tert-alkyl or cyclic N) is 1. The lowest BCUT2D eigenvalue weighted by molar-refractivity contribution is -0.132. The molecule has 2 rings (SSSR count). The molecule has 1 aromatic heterocycles. The second-order valence-electron chi connectivity index (χ2n) is 5.52. The number of thiophene rings is 1. The fourth-order valence-corrected chi connectivity index (χ4v) is 3.47. The van der Waals surface area contributed by atoms with Crippen LogP contribution in [-0.2, 0) is 11.3 Å². The zero-order valence-electron chi connectivity index (χ0n) is 11.9. The van der Waals surface area contributed by atoms with Gasteiger partial charge < -0.3 is 10.0 Å². The van der Waals surface area contributed by atoms with Crippen LogP contribution in [0.5, 0.6) is 0 Å². The standard InChI is InChI=1S/C14H21ClN2O2S/c1-10-5-6-17(8-12(10)18)9-14(19)16(2)7-11-3-4-13(15)20-11/h3-4,10,12,18H,5-9H2,1-2H3. The molecule has 2 heterocycles. The molecule has 0 spiro atoms. The summed E-state index contributed by atoms with van der Waals surface area (Å²) in [5.41, 5.74) is 0. The van der Waals surface area contributed by atoms with Gasteiger partial charge in [-0.05, 0) is 31.0 Å². The number of aliphatic hydroxyl groups is 1. The van der Waals surface area contributed by atoms with Gasteiger partial charge in [0.05, 0.1) is 23.5 Å². The molecule has 0 radical (unpaired) electrons. The molecule has 2 unspecified atom stereocenters. The van der Waals surface area contributed by atoms with Crippen molar-refractivity contribution in [3.05, 3.63) is 21.3 Å². The summed E-state index contributed by atoms with van der Waals surface area (Å²) in [5.74, 6) is 0.406. The summed E-state index contributed by atoms with van der Waals surface area (Å²) in [6.07, 6.45) is 0.622. The van der Waals surface area contributed by atoms with Gasteiger partial charge in [-0.25, -0.2) is 0 Å². The minimum Gasteiger partial charge on any atom is -0.392 e. The molecule has 1 aliphatic heterocycles. The second kappa shape index (κ2) is 6.89. The van der Waals surface area contributed by atoms with Crippen molar-refractivity contribution in [2.75, 3.05) is 26.7 Å². The molecular weight excluding hydrogens is 296 g/mol. The maximum absolute atomic E-state index is 12.2. The van der Waals surface area contributed by atoms with Crippen LogP contribution >= 0.6 is 22.9 Å². The zero-order chi connectivity index (χ0) is 14.7. The Bertz CT molecular complexity index is 466. The van der Waals surface area contributed by atoms with E-state index in [4.69, 9.17) is 11.6 Å². The van der Waals surface area contributed by atoms with Gasteiger partial charge in [-0.3, -0.25) is 9.69 Å². The number of rotatable bonds is 4. The number of nitrogens with zero attached hydrogens (tertiary/aromatic N) is 2. The molecule has 4 nitrogen and oxygen atoms in total. The maximum atomic E-state index is 12.2. The summed E-state index contributed by atoms with van der Waals surface area (Å²) in [4.78, 5) is 17.0. The quantitative estimate of drug-likeness (QED) is 0.924. The molecule has 112 valence electrons. The molecule has 0 aliphatic carbocycles. The lowest BCUT2D eigenvalue weighted by Gasteiger charge is -2.34. The zero-order valence-corrected chi connectivity index (χ0v) is 13.5. The average molecular weight is 317 g/mol. The van der Waals surface area contributed by atoms with Crippen molar-refractivity contribution in [2.24, 2.45) is 5.92 Å². The Morgan fingerprint density at radius 3 is 2.95 bits per heavy atom. The lowest BCUT2D eigenvalue weighted by atomic mass is 9.96. The van der Waals surface area contributed by atoms with Gasteiger partial charge >= 0.3 is 0 Å². The van der Waals surface area contributed by atoms with Crippen molar-refractivity contribution in [3.8, 4) is 0 Å². The maximum Gasteiger partial charge on any atom is 0.236 e. The first-order valence-electron chi connectivity index (χ1n) is 6.84. The fraction of sp³-hybridized carbons (Fsp3) is 0.643. The molecule has 1 amide bonds. The van der Waals surface area contributed by atoms with E-state index in [0.717, 1.165) is 22.2 Å². The number of carbonyl (C=O) groups is 1. The topological polar surface area (TPSA) is 43.8 Å². The minimum absolute atomic E-state index is 0.0799. The summed E-state index contributed by atoms with van der Waals surface area (Å²) in [6.45, 7) is 4.48. The van der Waals surface area contributed by atoms with Crippen LogP contribution in [0.2, 0.25) is 4.34 Å². The average Bonchev–Trinajstić information content (AvgIpc) is 2.79. The van der Waals surface area contributed by atoms with Crippen LogP contribution in [0.1, 0.15) is 18.2 Å². The SMILES string of the molecule is CC1CCN(CC(=O)N(C)Cc2ccc(Cl)s2)CC1O. The van der Waals surface area contributed by atoms with Gasteiger partial charge in [0.25, 0.3) is 0 Å². The third-order valence-electron chi connectivity index (χ3n) is 3.81. The molecule has 1 aromatic rings. The molecule has 1 N–H and O–H groups in total. The number of piperidine rings is 1. The van der Waals surface area contributed by atoms with Gasteiger partial charge in [-0.1, -0.05) is 18.5 Å². The van der Waals surface area contributed by atoms with Crippen LogP contribution in [0.25, 0.3) is 0 Å². The normalized spacial score (nSPS) is 23.8. The number of carbonyl (C=O) groups excluding carboxylic acids is 1. The predicted molar refractivity (Wildman–Crippen MR) is 82.0 cm³/mol. The van der Waals surface area contributed by atoms with E-state index >= 15 is 0 Å². The molecule has 0 aromatic carbocycles. The Balaban J connectivity index is 1.82. The summed E-state index contributed by atoms with van der Waals surface area (Å²) in [5, 5.41) is 9.86. The van der Waals surface area contributed by atoms with Crippen molar-refractivity contribution in [2.45, 2.75) is 26.0 Å². The highest BCUT2D eigenvalue weighted by Crippen LogP contribution is 2.22. The van der Waals surface area contributed by atoms with Crippen LogP contribution in [0.15, 0.2) is 12.1 Å². The van der Waals surface area contributed by atoms with E-state index in [1.165, 1.54) is 11.3 Å². The highest BCUT2D eigenvalue weighted by Gasteiger charge is 2.26. The third-order valence-corrected chi connectivity index (χ3v) is 5.03. The van der Waals surface area contributed by atoms with E-state index in [1.807, 2.05) is 17.0 Å². The van der Waals surface area contributed by atoms with Gasteiger partial charge in [0, 0.05) is 18.5 Å². The number of halogens is 1. The first kappa shape index (κ1) is 15.8. The summed E-state index contributed by atoms with van der Waals surface area (Å²) in [7, 11) is 1.80. The first-order valence-corrected chi connectivity index (χ1v) is 8.03. The predicted octanol–water partition coefficient (Wildman–Crippen LogP) is 2.06. The van der Waals surface area contributed by atoms with Crippen molar-refractivity contribution in [3.63, 3.8) is 0 Å². The van der Waals surface area contributed by atoms with E-state index in [0.29, 0.717) is 25.6 Å². The van der Waals surface area contributed by atoms with Crippen molar-refractivity contribution in [1.82, 2.24) is 9.80 Å². The molecule has 1 fully saturated rings. The molecule has 1 aliphatic rings. The Hall–Kier alpha value is -0.620. The van der Waals surface area contributed by atoms with E-state index in [-0.39, 0.29) is 12.0 Å². The number of hydrogen-bond acceptors (Lipinski definition) is 4. The van der Waals surface area contributed by atoms with Crippen molar-refractivity contribution >= 4 is 28.8 Å². The Morgan fingerprint density at radius 1 is 1.60 bits per heavy atom. The second-order valence-corrected chi connectivity index (χ2v) is 7.32. The van der Waals surface area contributed by atoms with Gasteiger partial charge in [-0.15, -0.1) is 11.3 Å². The summed E-state index contributed by atoms with van der Waals surface area (Å²) < 4.78 is 0.744. The molecular formula is C14H21ClN2O2S. The Morgan fingerprint density at radius 2 is 2.35 bits per heavy atom. The van der Waals surface area contributed by atoms with Crippen LogP contribution < -0.4 is 0 Å². The highest BCUT2D eigenvalue weighted by atomic mass is 35.5. The van der Waals surface area contributed by atoms with E-state index in [9.17, 15) is 9.90 Å². The largest absolute Gasteiger partial charge is 0.392 e. The molecule has 0 bridgehead atoms. The highest BCUT2D eigenvalue weighted by molar-refractivity contribution is 7.16. The number of aliphatic hydroxyl groups excluding tert-OH is 1. The third kappa shape index (κ3) is 4.19. The van der Waals surface area contributed by atoms with Gasteiger partial charge in [0.15, 0.2) is 0 Å². The van der Waals surface area contributed by atoms with Gasteiger partial charge in [0.1, 0.15) is 0 Å². The number of hydrogen-bond donors (Lipinski definition) is 1. The first-order chi connectivity index (χ1) is 9.45. The lowest BCUT2D eigenvalue weighted by Crippen LogP contribution is -2.47. The van der Waals surface area contributed by atoms with Crippen molar-refractivity contribution in [1.29, 1.82) is 0 Å². The number of likely N-dealkylation sites (tertiary alicyclic amines) is 1. The Kier molecular flexibility index (Phi) is 5.43. The monoisotopic (exact) mass is 316 g/mol. The van der Waals surface area contributed by atoms with Crippen LogP contribution in [-0.4, -0.2) is 53.6 Å². The van der Waals surface area contributed by atoms with Crippen LogP contribution in [0, 0.1) is 5.92 Å². The minimum atomic E-state index is -0.321. The molecule has 6 heteroatoms.